The Balaban J connectivity index is 1.84. The summed E-state index contributed by atoms with van der Waals surface area (Å²) < 4.78 is 0. The van der Waals surface area contributed by atoms with Crippen LogP contribution in [0.4, 0.5) is 5.13 Å². The molecule has 0 radical (unpaired) electrons. The van der Waals surface area contributed by atoms with Gasteiger partial charge in [-0.1, -0.05) is 32.9 Å². The quantitative estimate of drug-likeness (QED) is 0.656. The van der Waals surface area contributed by atoms with Gasteiger partial charge in [-0.15, -0.1) is 24.5 Å². The third kappa shape index (κ3) is 4.02. The van der Waals surface area contributed by atoms with Gasteiger partial charge in [0.2, 0.25) is 5.91 Å². The van der Waals surface area contributed by atoms with Gasteiger partial charge in [-0.05, 0) is 36.5 Å². The Bertz CT molecular complexity index is 776. The van der Waals surface area contributed by atoms with E-state index in [0.29, 0.717) is 13.1 Å². The van der Waals surface area contributed by atoms with Crippen LogP contribution >= 0.6 is 11.3 Å². The van der Waals surface area contributed by atoms with Crippen molar-refractivity contribution < 1.29 is 9.90 Å². The summed E-state index contributed by atoms with van der Waals surface area (Å²) in [5.41, 5.74) is 1.16. The number of aliphatic hydroxyl groups is 1. The number of likely N-dealkylation sites (N-methyl/N-ethyl adjacent to an activating group) is 1. The minimum atomic E-state index is -0.501. The highest BCUT2D eigenvalue weighted by Crippen LogP contribution is 2.57. The van der Waals surface area contributed by atoms with Gasteiger partial charge < -0.3 is 15.3 Å². The molecule has 1 heterocycles. The molecule has 0 aromatic carbocycles. The maximum atomic E-state index is 12.8. The van der Waals surface area contributed by atoms with E-state index in [2.05, 4.69) is 32.3 Å². The molecule has 1 aromatic heterocycles. The van der Waals surface area contributed by atoms with Gasteiger partial charge in [0.1, 0.15) is 0 Å². The largest absolute Gasteiger partial charge is 0.392 e. The molecule has 2 aliphatic carbocycles. The molecule has 6 heteroatoms. The molecule has 1 fully saturated rings. The number of hydrogen-bond acceptors (Lipinski definition) is 5. The number of aromatic nitrogens is 1. The van der Waals surface area contributed by atoms with Crippen LogP contribution in [0.2, 0.25) is 0 Å². The van der Waals surface area contributed by atoms with Crippen LogP contribution in [0.1, 0.15) is 50.1 Å². The molecule has 2 N–H and O–H groups in total. The topological polar surface area (TPSA) is 65.5 Å². The van der Waals surface area contributed by atoms with Gasteiger partial charge in [0.05, 0.1) is 11.8 Å². The van der Waals surface area contributed by atoms with Gasteiger partial charge in [0.25, 0.3) is 0 Å². The van der Waals surface area contributed by atoms with E-state index in [4.69, 9.17) is 4.98 Å². The lowest BCUT2D eigenvalue weighted by molar-refractivity contribution is -0.143. The highest BCUT2D eigenvalue weighted by Gasteiger charge is 2.54. The minimum absolute atomic E-state index is 0.0196. The van der Waals surface area contributed by atoms with Crippen molar-refractivity contribution in [2.75, 3.05) is 25.5 Å². The molecule has 1 amide bonds. The molecular weight excluding hydrogens is 382 g/mol. The van der Waals surface area contributed by atoms with E-state index in [0.717, 1.165) is 30.1 Å². The lowest BCUT2D eigenvalue weighted by atomic mass is 9.53. The molecule has 0 aliphatic heterocycles. The van der Waals surface area contributed by atoms with Crippen LogP contribution in [0.5, 0.6) is 0 Å². The van der Waals surface area contributed by atoms with Crippen LogP contribution in [0.3, 0.4) is 0 Å². The lowest BCUT2D eigenvalue weighted by Crippen LogP contribution is -2.53. The van der Waals surface area contributed by atoms with Crippen LogP contribution in [0, 0.1) is 23.2 Å². The summed E-state index contributed by atoms with van der Waals surface area (Å²) in [7, 11) is 1.81. The second-order valence-electron chi connectivity index (χ2n) is 9.13. The molecule has 160 valence electrons. The molecule has 5 nitrogen and oxygen atoms in total. The summed E-state index contributed by atoms with van der Waals surface area (Å²) in [5.74, 6) is 0.154. The molecule has 0 unspecified atom stereocenters. The lowest BCUT2D eigenvalue weighted by Gasteiger charge is -2.53. The van der Waals surface area contributed by atoms with Crippen molar-refractivity contribution in [2.45, 2.75) is 52.1 Å². The molecule has 0 saturated heterocycles. The van der Waals surface area contributed by atoms with Crippen molar-refractivity contribution in [3.8, 4) is 0 Å². The van der Waals surface area contributed by atoms with Gasteiger partial charge in [-0.25, -0.2) is 4.98 Å². The fraction of sp³-hybridized carbons (Fsp3) is 0.652. The Morgan fingerprint density at radius 3 is 2.86 bits per heavy atom. The van der Waals surface area contributed by atoms with Crippen LogP contribution in [0.25, 0.3) is 0 Å². The summed E-state index contributed by atoms with van der Waals surface area (Å²) in [4.78, 5) is 20.7. The summed E-state index contributed by atoms with van der Waals surface area (Å²) in [5, 5.41) is 15.7. The Hall–Kier alpha value is -1.66. The van der Waals surface area contributed by atoms with E-state index in [1.54, 1.807) is 22.3 Å². The predicted molar refractivity (Wildman–Crippen MR) is 120 cm³/mol. The molecule has 3 rings (SSSR count). The summed E-state index contributed by atoms with van der Waals surface area (Å²) in [6.45, 7) is 15.2. The molecule has 2 aliphatic rings. The number of hydrogen-bond donors (Lipinski definition) is 2. The Morgan fingerprint density at radius 1 is 1.48 bits per heavy atom. The van der Waals surface area contributed by atoms with E-state index in [9.17, 15) is 9.90 Å². The van der Waals surface area contributed by atoms with Crippen LogP contribution in [-0.2, 0) is 11.2 Å². The summed E-state index contributed by atoms with van der Waals surface area (Å²) in [6, 6.07) is 0. The van der Waals surface area contributed by atoms with E-state index < -0.39 is 6.10 Å². The van der Waals surface area contributed by atoms with E-state index in [1.807, 2.05) is 20.0 Å². The molecule has 6 atom stereocenters. The SMILES string of the molecule is C=CCNc1nc2c(s1)C[C@@]1(C)CC[C@@H]([C@H](C)C(=O)N(C)CC=C)[C@H](O)[C@H]1[C@H]2C. The maximum absolute atomic E-state index is 12.8. The van der Waals surface area contributed by atoms with Crippen LogP contribution < -0.4 is 5.32 Å². The third-order valence-electron chi connectivity index (χ3n) is 7.13. The zero-order valence-corrected chi connectivity index (χ0v) is 19.0. The number of amides is 1. The number of nitrogens with zero attached hydrogens (tertiary/aromatic N) is 2. The Kier molecular flexibility index (Phi) is 6.54. The number of thiazole rings is 1. The van der Waals surface area contributed by atoms with E-state index in [1.165, 1.54) is 4.88 Å². The van der Waals surface area contributed by atoms with Gasteiger partial charge in [-0.2, -0.15) is 0 Å². The molecule has 0 bridgehead atoms. The summed E-state index contributed by atoms with van der Waals surface area (Å²) >= 11 is 1.73. The normalized spacial score (nSPS) is 31.9. The third-order valence-corrected chi connectivity index (χ3v) is 8.16. The summed E-state index contributed by atoms with van der Waals surface area (Å²) in [6.07, 6.45) is 5.93. The zero-order chi connectivity index (χ0) is 21.3. The number of nitrogens with one attached hydrogen (secondary N) is 1. The standard InChI is InChI=1S/C23H35N3O2S/c1-7-11-24-22-25-19-15(4)18-20(27)16(14(3)21(28)26(6)12-8-2)9-10-23(18,5)13-17(19)29-22/h7-8,14-16,18,20,27H,1-2,9-13H2,3-6H3,(H,24,25)/t14-,15+,16-,18+,20-,23+/m0/s1. The number of fused-ring (bicyclic) bond motifs is 2. The Morgan fingerprint density at radius 2 is 2.21 bits per heavy atom. The van der Waals surface area contributed by atoms with Gasteiger partial charge in [-0.3, -0.25) is 4.79 Å². The molecule has 1 saturated carbocycles. The number of carbonyl (C=O) groups excluding carboxylic acids is 1. The van der Waals surface area contributed by atoms with Crippen molar-refractivity contribution in [1.82, 2.24) is 9.88 Å². The average Bonchev–Trinajstić information content (AvgIpc) is 3.08. The van der Waals surface area contributed by atoms with E-state index >= 15 is 0 Å². The molecule has 29 heavy (non-hydrogen) atoms. The minimum Gasteiger partial charge on any atom is -0.392 e. The maximum Gasteiger partial charge on any atom is 0.225 e. The average molecular weight is 418 g/mol. The second-order valence-corrected chi connectivity index (χ2v) is 10.2. The van der Waals surface area contributed by atoms with Gasteiger partial charge in [0, 0.05) is 36.9 Å². The first-order valence-corrected chi connectivity index (χ1v) is 11.4. The molecule has 0 spiro atoms. The first-order valence-electron chi connectivity index (χ1n) is 10.6. The number of rotatable bonds is 7. The fourth-order valence-electron chi connectivity index (χ4n) is 5.60. The van der Waals surface area contributed by atoms with Gasteiger partial charge >= 0.3 is 0 Å². The number of anilines is 1. The van der Waals surface area contributed by atoms with Crippen molar-refractivity contribution in [1.29, 1.82) is 0 Å². The zero-order valence-electron chi connectivity index (χ0n) is 18.1. The highest BCUT2D eigenvalue weighted by atomic mass is 32.1. The second kappa shape index (κ2) is 8.60. The molecular formula is C23H35N3O2S. The number of aliphatic hydroxyl groups excluding tert-OH is 1. The van der Waals surface area contributed by atoms with Crippen LogP contribution in [0.15, 0.2) is 25.3 Å². The van der Waals surface area contributed by atoms with Crippen molar-refractivity contribution in [3.05, 3.63) is 35.9 Å². The number of carbonyl (C=O) groups is 1. The van der Waals surface area contributed by atoms with Gasteiger partial charge in [0.15, 0.2) is 5.13 Å². The van der Waals surface area contributed by atoms with Crippen LogP contribution in [-0.4, -0.2) is 47.1 Å². The first-order chi connectivity index (χ1) is 13.7. The monoisotopic (exact) mass is 417 g/mol. The van der Waals surface area contributed by atoms with Crippen molar-refractivity contribution >= 4 is 22.4 Å². The highest BCUT2D eigenvalue weighted by molar-refractivity contribution is 7.15. The fourth-order valence-corrected chi connectivity index (χ4v) is 6.87. The van der Waals surface area contributed by atoms with Crippen molar-refractivity contribution in [2.24, 2.45) is 23.2 Å². The van der Waals surface area contributed by atoms with E-state index in [-0.39, 0.29) is 35.0 Å². The first kappa shape index (κ1) is 22.0. The smallest absolute Gasteiger partial charge is 0.225 e. The Labute approximate surface area is 178 Å². The van der Waals surface area contributed by atoms with Crippen molar-refractivity contribution in [3.63, 3.8) is 0 Å². The molecule has 1 aromatic rings. The predicted octanol–water partition coefficient (Wildman–Crippen LogP) is 4.07.